The zero-order valence-corrected chi connectivity index (χ0v) is 27.6. The summed E-state index contributed by atoms with van der Waals surface area (Å²) in [6, 6.07) is 30.0. The van der Waals surface area contributed by atoms with Crippen LogP contribution in [-0.4, -0.2) is 12.3 Å². The van der Waals surface area contributed by atoms with E-state index in [2.05, 4.69) is 139 Å². The molecule has 0 atom stereocenters. The standard InChI is InChI=1S/C40H45BNO2/c1-9-40(10-2)24-39(7,8)42(37-28(25(3)4)16-15-17-29(37)26(5)6)38(40)27-22-34-36-35(23-27)44-33-21-14-12-19-31(33)41(36)30-18-11-13-20-32(30)43-34/h11-23,25-26H,9-10,24H2,1-8H3. The van der Waals surface area contributed by atoms with Crippen molar-refractivity contribution >= 4 is 28.8 Å². The molecule has 1 radical (unpaired) electrons. The Hall–Kier alpha value is -3.66. The number of nitrogens with zero attached hydrogens (tertiary/aromatic N) is 1. The van der Waals surface area contributed by atoms with E-state index in [0.29, 0.717) is 11.8 Å². The second-order valence-electron chi connectivity index (χ2n) is 14.4. The van der Waals surface area contributed by atoms with Crippen LogP contribution in [0.15, 0.2) is 78.9 Å². The molecule has 44 heavy (non-hydrogen) atoms. The summed E-state index contributed by atoms with van der Waals surface area (Å²) in [6.45, 7) is 19.0. The maximum atomic E-state index is 6.78. The Balaban J connectivity index is 1.49. The molecule has 0 amide bonds. The fourth-order valence-corrected chi connectivity index (χ4v) is 8.52. The molecule has 3 aliphatic rings. The topological polar surface area (TPSA) is 21.7 Å². The number of hydrogen-bond acceptors (Lipinski definition) is 3. The van der Waals surface area contributed by atoms with Crippen LogP contribution in [0.4, 0.5) is 5.69 Å². The minimum Gasteiger partial charge on any atom is -0.458 e. The number of anilines is 1. The first-order valence-corrected chi connectivity index (χ1v) is 16.6. The average Bonchev–Trinajstić information content (AvgIpc) is 3.26. The second-order valence-corrected chi connectivity index (χ2v) is 14.4. The summed E-state index contributed by atoms with van der Waals surface area (Å²) in [6.07, 6.45) is 3.23. The molecule has 225 valence electrons. The molecular formula is C40H45BNO2. The van der Waals surface area contributed by atoms with Crippen molar-refractivity contribution in [3.63, 3.8) is 0 Å². The first kappa shape index (κ1) is 29.1. The average molecular weight is 583 g/mol. The summed E-state index contributed by atoms with van der Waals surface area (Å²) in [5, 5.41) is 0. The van der Waals surface area contributed by atoms with Crippen LogP contribution in [0.5, 0.6) is 23.0 Å². The van der Waals surface area contributed by atoms with Gasteiger partial charge in [0.15, 0.2) is 0 Å². The molecular weight excluding hydrogens is 537 g/mol. The van der Waals surface area contributed by atoms with E-state index in [1.165, 1.54) is 39.3 Å². The van der Waals surface area contributed by atoms with Gasteiger partial charge in [-0.3, -0.25) is 0 Å². The molecule has 7 rings (SSSR count). The number of hydrogen-bond donors (Lipinski definition) is 0. The summed E-state index contributed by atoms with van der Waals surface area (Å²) < 4.78 is 13.6. The lowest BCUT2D eigenvalue weighted by Crippen LogP contribution is -2.57. The van der Waals surface area contributed by atoms with E-state index in [0.717, 1.165) is 47.7 Å². The molecule has 0 unspecified atom stereocenters. The lowest BCUT2D eigenvalue weighted by molar-refractivity contribution is 0.284. The van der Waals surface area contributed by atoms with Gasteiger partial charge in [-0.15, -0.1) is 0 Å². The quantitative estimate of drug-likeness (QED) is 0.183. The number of para-hydroxylation sites is 3. The van der Waals surface area contributed by atoms with Gasteiger partial charge in [-0.05, 0) is 96.8 Å². The van der Waals surface area contributed by atoms with Crippen molar-refractivity contribution in [1.82, 2.24) is 0 Å². The fourth-order valence-electron chi connectivity index (χ4n) is 8.52. The molecule has 0 N–H and O–H groups in total. The maximum Gasteiger partial charge on any atom is 0.260 e. The van der Waals surface area contributed by atoms with Crippen LogP contribution < -0.4 is 30.8 Å². The van der Waals surface area contributed by atoms with Crippen molar-refractivity contribution in [2.75, 3.05) is 4.90 Å². The van der Waals surface area contributed by atoms with Gasteiger partial charge in [0.25, 0.3) is 6.71 Å². The monoisotopic (exact) mass is 582 g/mol. The number of fused-ring (bicyclic) bond motifs is 4. The Labute approximate surface area is 264 Å². The van der Waals surface area contributed by atoms with Crippen LogP contribution >= 0.6 is 0 Å². The predicted octanol–water partition coefficient (Wildman–Crippen LogP) is 9.04. The summed E-state index contributed by atoms with van der Waals surface area (Å²) >= 11 is 0. The van der Waals surface area contributed by atoms with Crippen LogP contribution in [0.2, 0.25) is 0 Å². The predicted molar refractivity (Wildman–Crippen MR) is 185 cm³/mol. The molecule has 3 aliphatic heterocycles. The van der Waals surface area contributed by atoms with Crippen molar-refractivity contribution < 1.29 is 9.47 Å². The highest BCUT2D eigenvalue weighted by atomic mass is 16.5. The van der Waals surface area contributed by atoms with E-state index in [4.69, 9.17) is 9.47 Å². The number of rotatable bonds is 6. The van der Waals surface area contributed by atoms with Gasteiger partial charge in [-0.2, -0.15) is 0 Å². The molecule has 4 heteroatoms. The third-order valence-electron chi connectivity index (χ3n) is 10.6. The van der Waals surface area contributed by atoms with E-state index in [1.54, 1.807) is 0 Å². The molecule has 3 heterocycles. The lowest BCUT2D eigenvalue weighted by atomic mass is 9.35. The van der Waals surface area contributed by atoms with E-state index >= 15 is 0 Å². The third-order valence-corrected chi connectivity index (χ3v) is 10.6. The summed E-state index contributed by atoms with van der Waals surface area (Å²) in [7, 11) is 0. The zero-order valence-electron chi connectivity index (χ0n) is 27.6. The minimum absolute atomic E-state index is 0.0152. The molecule has 0 saturated carbocycles. The van der Waals surface area contributed by atoms with Gasteiger partial charge >= 0.3 is 0 Å². The molecule has 0 aromatic heterocycles. The van der Waals surface area contributed by atoms with Crippen LogP contribution in [0.1, 0.15) is 103 Å². The normalized spacial score (nSPS) is 17.7. The van der Waals surface area contributed by atoms with E-state index in [1.807, 2.05) is 0 Å². The summed E-state index contributed by atoms with van der Waals surface area (Å²) in [5.74, 6) is 4.50. The number of benzene rings is 4. The second kappa shape index (κ2) is 10.5. The highest BCUT2D eigenvalue weighted by Gasteiger charge is 2.56. The highest BCUT2D eigenvalue weighted by Crippen LogP contribution is 2.61. The van der Waals surface area contributed by atoms with Gasteiger partial charge in [-0.25, -0.2) is 0 Å². The Morgan fingerprint density at radius 2 is 1.20 bits per heavy atom. The van der Waals surface area contributed by atoms with Crippen molar-refractivity contribution in [3.05, 3.63) is 102 Å². The molecule has 4 aromatic rings. The molecule has 0 aliphatic carbocycles. The summed E-state index contributed by atoms with van der Waals surface area (Å²) in [5.41, 5.74) is 8.91. The lowest BCUT2D eigenvalue weighted by Gasteiger charge is -2.43. The van der Waals surface area contributed by atoms with Gasteiger partial charge in [-0.1, -0.05) is 96.1 Å². The van der Waals surface area contributed by atoms with Gasteiger partial charge in [0, 0.05) is 22.1 Å². The molecule has 4 aromatic carbocycles. The number of ether oxygens (including phenoxy) is 2. The van der Waals surface area contributed by atoms with E-state index < -0.39 is 0 Å². The maximum absolute atomic E-state index is 6.78. The third kappa shape index (κ3) is 4.24. The van der Waals surface area contributed by atoms with Gasteiger partial charge in [0.1, 0.15) is 23.0 Å². The van der Waals surface area contributed by atoms with Crippen LogP contribution in [-0.2, 0) is 0 Å². The molecule has 3 nitrogen and oxygen atoms in total. The molecule has 0 spiro atoms. The Morgan fingerprint density at radius 1 is 0.705 bits per heavy atom. The summed E-state index contributed by atoms with van der Waals surface area (Å²) in [4.78, 5) is 2.74. The van der Waals surface area contributed by atoms with Gasteiger partial charge < -0.3 is 14.4 Å². The van der Waals surface area contributed by atoms with Crippen molar-refractivity contribution in [2.24, 2.45) is 5.41 Å². The van der Waals surface area contributed by atoms with Gasteiger partial charge in [0.05, 0.1) is 6.04 Å². The first-order chi connectivity index (χ1) is 21.1. The minimum atomic E-state index is -0.0768. The van der Waals surface area contributed by atoms with Crippen LogP contribution in [0.25, 0.3) is 0 Å². The van der Waals surface area contributed by atoms with E-state index in [9.17, 15) is 0 Å². The zero-order chi connectivity index (χ0) is 31.0. The van der Waals surface area contributed by atoms with Gasteiger partial charge in [0.2, 0.25) is 0 Å². The van der Waals surface area contributed by atoms with Crippen molar-refractivity contribution in [1.29, 1.82) is 0 Å². The SMILES string of the molecule is CCC1(CC)CC(C)(C)N(c2c(C(C)C)cccc2C(C)C)[C]1c1cc2c3c(c1)Oc1ccccc1B3c1ccccc1O2. The highest BCUT2D eigenvalue weighted by molar-refractivity contribution is 6.98. The largest absolute Gasteiger partial charge is 0.458 e. The van der Waals surface area contributed by atoms with E-state index in [-0.39, 0.29) is 17.7 Å². The Morgan fingerprint density at radius 3 is 1.68 bits per heavy atom. The Bertz CT molecular complexity index is 1640. The first-order valence-electron chi connectivity index (χ1n) is 16.6. The van der Waals surface area contributed by atoms with Crippen molar-refractivity contribution in [2.45, 2.75) is 92.0 Å². The Kier molecular flexibility index (Phi) is 6.92. The van der Waals surface area contributed by atoms with Crippen molar-refractivity contribution in [3.8, 4) is 23.0 Å². The fraction of sp³-hybridized carbons (Fsp3) is 0.375. The molecule has 1 saturated heterocycles. The smallest absolute Gasteiger partial charge is 0.260 e. The van der Waals surface area contributed by atoms with Crippen LogP contribution in [0.3, 0.4) is 0 Å². The molecule has 0 bridgehead atoms. The molecule has 1 fully saturated rings. The van der Waals surface area contributed by atoms with Crippen LogP contribution in [0, 0.1) is 11.5 Å².